The van der Waals surface area contributed by atoms with Crippen LogP contribution in [0.1, 0.15) is 134 Å². The van der Waals surface area contributed by atoms with Crippen LogP contribution in [0.2, 0.25) is 0 Å². The number of hydrogen-bond donors (Lipinski definition) is 0. The molecule has 1 heterocycles. The van der Waals surface area contributed by atoms with E-state index in [4.69, 9.17) is 0 Å². The van der Waals surface area contributed by atoms with Crippen molar-refractivity contribution in [3.8, 4) is 0 Å². The van der Waals surface area contributed by atoms with Gasteiger partial charge in [-0.3, -0.25) is 0 Å². The molecular formula is C25H45N2. The molecule has 0 aliphatic rings. The van der Waals surface area contributed by atoms with Crippen LogP contribution in [0, 0.1) is 6.92 Å². The summed E-state index contributed by atoms with van der Waals surface area (Å²) in [7, 11) is 0. The third-order valence-corrected chi connectivity index (χ3v) is 5.45. The molecule has 155 valence electrons. The van der Waals surface area contributed by atoms with E-state index < -0.39 is 0 Å². The quantitative estimate of drug-likeness (QED) is 0.243. The lowest BCUT2D eigenvalue weighted by Gasteiger charge is -2.07. The fourth-order valence-corrected chi connectivity index (χ4v) is 3.75. The molecule has 1 radical (unpaired) electrons. The van der Waals surface area contributed by atoms with Crippen LogP contribution in [0.25, 0.3) is 0 Å². The minimum Gasteiger partial charge on any atom is -0.238 e. The zero-order chi connectivity index (χ0) is 19.6. The molecule has 0 aromatic carbocycles. The smallest absolute Gasteiger partial charge is 0.129 e. The summed E-state index contributed by atoms with van der Waals surface area (Å²) < 4.78 is 0. The first-order valence-electron chi connectivity index (χ1n) is 11.9. The highest BCUT2D eigenvalue weighted by molar-refractivity contribution is 5.13. The summed E-state index contributed by atoms with van der Waals surface area (Å²) in [6.45, 7) is 8.55. The van der Waals surface area contributed by atoms with Gasteiger partial charge in [0.25, 0.3) is 0 Å². The molecule has 1 aromatic heterocycles. The van der Waals surface area contributed by atoms with Gasteiger partial charge in [-0.15, -0.1) is 0 Å². The molecule has 0 unspecified atom stereocenters. The molecule has 0 fully saturated rings. The van der Waals surface area contributed by atoms with Gasteiger partial charge in [0.05, 0.1) is 0 Å². The van der Waals surface area contributed by atoms with E-state index in [0.29, 0.717) is 5.82 Å². The Morgan fingerprint density at radius 1 is 0.556 bits per heavy atom. The summed E-state index contributed by atoms with van der Waals surface area (Å²) in [5.74, 6) is 0.710. The molecule has 0 bridgehead atoms. The van der Waals surface area contributed by atoms with Gasteiger partial charge in [-0.1, -0.05) is 104 Å². The van der Waals surface area contributed by atoms with Gasteiger partial charge >= 0.3 is 0 Å². The van der Waals surface area contributed by atoms with Crippen LogP contribution in [0.5, 0.6) is 0 Å². The lowest BCUT2D eigenvalue weighted by atomic mass is 10.0. The Kier molecular flexibility index (Phi) is 15.4. The lowest BCUT2D eigenvalue weighted by molar-refractivity contribution is 0.571. The first-order valence-corrected chi connectivity index (χ1v) is 11.9. The molecular weight excluding hydrogens is 328 g/mol. The van der Waals surface area contributed by atoms with E-state index in [2.05, 4.69) is 36.8 Å². The van der Waals surface area contributed by atoms with Gasteiger partial charge in [-0.05, 0) is 31.7 Å². The number of aryl methyl sites for hydroxylation is 2. The van der Waals surface area contributed by atoms with Crippen molar-refractivity contribution in [2.24, 2.45) is 0 Å². The molecule has 1 aromatic rings. The van der Waals surface area contributed by atoms with Crippen LogP contribution in [-0.4, -0.2) is 9.97 Å². The van der Waals surface area contributed by atoms with Crippen molar-refractivity contribution in [3.05, 3.63) is 30.2 Å². The molecule has 27 heavy (non-hydrogen) atoms. The minimum absolute atomic E-state index is 0.710. The predicted octanol–water partition coefficient (Wildman–Crippen LogP) is 8.03. The Balaban J connectivity index is 2.14. The SMILES string of the molecule is [CH2]c1nc(CCCCCCCCCC)cc(CCCCCCCCCC)n1. The van der Waals surface area contributed by atoms with Crippen LogP contribution in [0.3, 0.4) is 0 Å². The fourth-order valence-electron chi connectivity index (χ4n) is 3.75. The molecule has 0 N–H and O–H groups in total. The molecule has 0 saturated heterocycles. The number of unbranched alkanes of at least 4 members (excludes halogenated alkanes) is 14. The molecule has 0 aliphatic carbocycles. The normalized spacial score (nSPS) is 11.2. The van der Waals surface area contributed by atoms with Gasteiger partial charge in [-0.2, -0.15) is 0 Å². The van der Waals surface area contributed by atoms with Crippen LogP contribution in [0.15, 0.2) is 6.07 Å². The van der Waals surface area contributed by atoms with E-state index in [1.165, 1.54) is 114 Å². The third-order valence-electron chi connectivity index (χ3n) is 5.45. The summed E-state index contributed by atoms with van der Waals surface area (Å²) >= 11 is 0. The number of rotatable bonds is 18. The topological polar surface area (TPSA) is 25.8 Å². The lowest BCUT2D eigenvalue weighted by Crippen LogP contribution is -2.01. The molecule has 0 amide bonds. The highest BCUT2D eigenvalue weighted by Gasteiger charge is 2.03. The maximum atomic E-state index is 4.56. The Morgan fingerprint density at radius 2 is 0.889 bits per heavy atom. The minimum atomic E-state index is 0.710. The van der Waals surface area contributed by atoms with Gasteiger partial charge in [0.1, 0.15) is 5.82 Å². The van der Waals surface area contributed by atoms with Crippen LogP contribution in [-0.2, 0) is 12.8 Å². The molecule has 2 heteroatoms. The van der Waals surface area contributed by atoms with Gasteiger partial charge < -0.3 is 0 Å². The summed E-state index contributed by atoms with van der Waals surface area (Å²) in [6.07, 6.45) is 24.0. The van der Waals surface area contributed by atoms with Crippen molar-refractivity contribution in [1.29, 1.82) is 0 Å². The Labute approximate surface area is 170 Å². The van der Waals surface area contributed by atoms with Crippen molar-refractivity contribution in [2.75, 3.05) is 0 Å². The second-order valence-corrected chi connectivity index (χ2v) is 8.22. The van der Waals surface area contributed by atoms with E-state index in [1.54, 1.807) is 0 Å². The second-order valence-electron chi connectivity index (χ2n) is 8.22. The first kappa shape index (κ1) is 24.1. The summed E-state index contributed by atoms with van der Waals surface area (Å²) in [4.78, 5) is 9.11. The van der Waals surface area contributed by atoms with E-state index in [1.807, 2.05) is 0 Å². The van der Waals surface area contributed by atoms with Crippen molar-refractivity contribution in [3.63, 3.8) is 0 Å². The average molecular weight is 374 g/mol. The van der Waals surface area contributed by atoms with E-state index >= 15 is 0 Å². The van der Waals surface area contributed by atoms with Crippen LogP contribution >= 0.6 is 0 Å². The van der Waals surface area contributed by atoms with Crippen LogP contribution < -0.4 is 0 Å². The number of aromatic nitrogens is 2. The zero-order valence-electron chi connectivity index (χ0n) is 18.4. The second kappa shape index (κ2) is 17.2. The van der Waals surface area contributed by atoms with Gasteiger partial charge in [0, 0.05) is 18.3 Å². The van der Waals surface area contributed by atoms with Gasteiger partial charge in [0.15, 0.2) is 0 Å². The molecule has 0 saturated carbocycles. The highest BCUT2D eigenvalue weighted by Crippen LogP contribution is 2.14. The molecule has 0 atom stereocenters. The molecule has 1 rings (SSSR count). The molecule has 0 aliphatic heterocycles. The van der Waals surface area contributed by atoms with E-state index in [9.17, 15) is 0 Å². The van der Waals surface area contributed by atoms with E-state index in [0.717, 1.165) is 12.8 Å². The average Bonchev–Trinajstić information content (AvgIpc) is 2.65. The molecule has 2 nitrogen and oxygen atoms in total. The van der Waals surface area contributed by atoms with Gasteiger partial charge in [-0.25, -0.2) is 9.97 Å². The monoisotopic (exact) mass is 373 g/mol. The Hall–Kier alpha value is -0.920. The summed E-state index contributed by atoms with van der Waals surface area (Å²) in [5.41, 5.74) is 2.41. The maximum absolute atomic E-state index is 4.56. The Bertz CT molecular complexity index is 417. The first-order chi connectivity index (χ1) is 13.3. The largest absolute Gasteiger partial charge is 0.238 e. The fraction of sp³-hybridized carbons (Fsp3) is 0.800. The molecule has 0 spiro atoms. The number of nitrogens with zero attached hydrogens (tertiary/aromatic N) is 2. The zero-order valence-corrected chi connectivity index (χ0v) is 18.4. The van der Waals surface area contributed by atoms with E-state index in [-0.39, 0.29) is 0 Å². The maximum Gasteiger partial charge on any atom is 0.129 e. The summed E-state index contributed by atoms with van der Waals surface area (Å²) in [5, 5.41) is 0. The van der Waals surface area contributed by atoms with Crippen molar-refractivity contribution < 1.29 is 0 Å². The van der Waals surface area contributed by atoms with Crippen molar-refractivity contribution in [1.82, 2.24) is 9.97 Å². The highest BCUT2D eigenvalue weighted by atomic mass is 14.9. The third kappa shape index (κ3) is 13.8. The predicted molar refractivity (Wildman–Crippen MR) is 119 cm³/mol. The summed E-state index contributed by atoms with van der Waals surface area (Å²) in [6, 6.07) is 2.23. The standard InChI is InChI=1S/C25H45N2/c1-4-6-8-10-12-14-16-18-20-24-22-25(27-23(3)26-24)21-19-17-15-13-11-9-7-5-2/h22H,3-21H2,1-2H3. The van der Waals surface area contributed by atoms with Crippen molar-refractivity contribution >= 4 is 0 Å². The van der Waals surface area contributed by atoms with Crippen molar-refractivity contribution in [2.45, 2.75) is 129 Å². The number of hydrogen-bond acceptors (Lipinski definition) is 2. The van der Waals surface area contributed by atoms with Gasteiger partial charge in [0.2, 0.25) is 0 Å². The van der Waals surface area contributed by atoms with Crippen LogP contribution in [0.4, 0.5) is 0 Å². The Morgan fingerprint density at radius 3 is 1.26 bits per heavy atom.